The van der Waals surface area contributed by atoms with Crippen LogP contribution in [0.15, 0.2) is 28.8 Å². The number of fused-ring (bicyclic) bond motifs is 1. The van der Waals surface area contributed by atoms with Gasteiger partial charge in [-0.25, -0.2) is 0 Å². The molecule has 1 fully saturated rings. The van der Waals surface area contributed by atoms with Crippen molar-refractivity contribution < 1.29 is 9.26 Å². The van der Waals surface area contributed by atoms with Crippen molar-refractivity contribution in [1.29, 1.82) is 0 Å². The second-order valence-electron chi connectivity index (χ2n) is 5.86. The molecule has 5 heteroatoms. The van der Waals surface area contributed by atoms with Gasteiger partial charge in [-0.3, -0.25) is 0 Å². The molecule has 1 aromatic heterocycles. The Balaban J connectivity index is 1.58. The summed E-state index contributed by atoms with van der Waals surface area (Å²) in [5.74, 6) is 2.30. The summed E-state index contributed by atoms with van der Waals surface area (Å²) in [6.07, 6.45) is 1.72. The average Bonchev–Trinajstić information content (AvgIpc) is 3.17. The fourth-order valence-electron chi connectivity index (χ4n) is 2.94. The van der Waals surface area contributed by atoms with Crippen molar-refractivity contribution in [2.24, 2.45) is 0 Å². The van der Waals surface area contributed by atoms with E-state index in [0.717, 1.165) is 37.6 Å². The summed E-state index contributed by atoms with van der Waals surface area (Å²) in [5.41, 5.74) is 1.16. The smallest absolute Gasteiger partial charge is 0.234 e. The van der Waals surface area contributed by atoms with Crippen molar-refractivity contribution in [2.45, 2.75) is 31.3 Å². The minimum Gasteiger partial charge on any atom is -0.482 e. The first kappa shape index (κ1) is 11.9. The summed E-state index contributed by atoms with van der Waals surface area (Å²) in [7, 11) is 0. The van der Waals surface area contributed by atoms with E-state index in [1.807, 2.05) is 18.2 Å². The molecule has 1 aromatic carbocycles. The highest BCUT2D eigenvalue weighted by Crippen LogP contribution is 2.36. The predicted octanol–water partition coefficient (Wildman–Crippen LogP) is 2.00. The van der Waals surface area contributed by atoms with E-state index < -0.39 is 0 Å². The van der Waals surface area contributed by atoms with E-state index in [9.17, 15) is 0 Å². The number of aromatic nitrogens is 2. The first-order chi connectivity index (χ1) is 9.74. The molecule has 0 bridgehead atoms. The first-order valence-electron chi connectivity index (χ1n) is 7.04. The molecule has 2 aliphatic rings. The second-order valence-corrected chi connectivity index (χ2v) is 5.86. The molecule has 2 aliphatic heterocycles. The number of benzene rings is 1. The molecule has 2 aromatic rings. The molecule has 0 spiro atoms. The van der Waals surface area contributed by atoms with Crippen LogP contribution in [0.4, 0.5) is 0 Å². The highest BCUT2D eigenvalue weighted by molar-refractivity contribution is 5.38. The molecule has 0 saturated carbocycles. The summed E-state index contributed by atoms with van der Waals surface area (Å²) in [5, 5.41) is 7.48. The lowest BCUT2D eigenvalue weighted by atomic mass is 9.90. The molecular weight excluding hydrogens is 254 g/mol. The van der Waals surface area contributed by atoms with E-state index in [1.165, 1.54) is 5.56 Å². The topological polar surface area (TPSA) is 60.2 Å². The fourth-order valence-corrected chi connectivity index (χ4v) is 2.94. The standard InChI is InChI=1S/C15H17N3O2/c1-15(6-7-16-9-15)14-17-13(18-20-14)12-8-10-4-2-3-5-11(10)19-12/h2-5,12,16H,6-9H2,1H3. The first-order valence-corrected chi connectivity index (χ1v) is 7.04. The van der Waals surface area contributed by atoms with Crippen molar-refractivity contribution in [1.82, 2.24) is 15.5 Å². The molecule has 0 amide bonds. The Labute approximate surface area is 117 Å². The quantitative estimate of drug-likeness (QED) is 0.905. The number of para-hydroxylation sites is 1. The van der Waals surface area contributed by atoms with Crippen LogP contribution in [0.25, 0.3) is 0 Å². The molecule has 0 radical (unpaired) electrons. The summed E-state index contributed by atoms with van der Waals surface area (Å²) in [6.45, 7) is 4.05. The van der Waals surface area contributed by atoms with E-state index in [1.54, 1.807) is 0 Å². The van der Waals surface area contributed by atoms with Gasteiger partial charge in [-0.1, -0.05) is 23.4 Å². The van der Waals surface area contributed by atoms with Crippen molar-refractivity contribution in [2.75, 3.05) is 13.1 Å². The Morgan fingerprint density at radius 1 is 1.35 bits per heavy atom. The molecule has 2 unspecified atom stereocenters. The average molecular weight is 271 g/mol. The largest absolute Gasteiger partial charge is 0.482 e. The van der Waals surface area contributed by atoms with Gasteiger partial charge in [-0.05, 0) is 31.5 Å². The van der Waals surface area contributed by atoms with Crippen LogP contribution < -0.4 is 10.1 Å². The maximum atomic E-state index is 5.90. The van der Waals surface area contributed by atoms with E-state index in [0.29, 0.717) is 5.82 Å². The van der Waals surface area contributed by atoms with Gasteiger partial charge in [0.25, 0.3) is 0 Å². The van der Waals surface area contributed by atoms with Crippen molar-refractivity contribution in [3.8, 4) is 5.75 Å². The predicted molar refractivity (Wildman–Crippen MR) is 72.7 cm³/mol. The number of hydrogen-bond acceptors (Lipinski definition) is 5. The summed E-state index contributed by atoms with van der Waals surface area (Å²) in [4.78, 5) is 4.59. The summed E-state index contributed by atoms with van der Waals surface area (Å²) >= 11 is 0. The molecule has 4 rings (SSSR count). The van der Waals surface area contributed by atoms with Crippen LogP contribution >= 0.6 is 0 Å². The van der Waals surface area contributed by atoms with E-state index in [4.69, 9.17) is 9.26 Å². The zero-order chi connectivity index (χ0) is 13.6. The lowest BCUT2D eigenvalue weighted by Crippen LogP contribution is -2.25. The maximum Gasteiger partial charge on any atom is 0.234 e. The molecule has 1 saturated heterocycles. The Morgan fingerprint density at radius 2 is 2.25 bits per heavy atom. The van der Waals surface area contributed by atoms with Gasteiger partial charge in [0.15, 0.2) is 6.10 Å². The third-order valence-corrected chi connectivity index (χ3v) is 4.26. The van der Waals surface area contributed by atoms with Crippen molar-refractivity contribution >= 4 is 0 Å². The Hall–Kier alpha value is -1.88. The summed E-state index contributed by atoms with van der Waals surface area (Å²) in [6, 6.07) is 8.07. The van der Waals surface area contributed by atoms with Crippen LogP contribution in [0.3, 0.4) is 0 Å². The Kier molecular flexibility index (Phi) is 2.57. The molecule has 104 valence electrons. The highest BCUT2D eigenvalue weighted by Gasteiger charge is 2.37. The molecule has 20 heavy (non-hydrogen) atoms. The van der Waals surface area contributed by atoms with Gasteiger partial charge in [0.2, 0.25) is 11.7 Å². The third kappa shape index (κ3) is 1.81. The SMILES string of the molecule is CC1(c2nc(C3Cc4ccccc4O3)no2)CCNC1. The van der Waals surface area contributed by atoms with Gasteiger partial charge in [0.05, 0.1) is 5.41 Å². The van der Waals surface area contributed by atoms with Gasteiger partial charge in [-0.15, -0.1) is 0 Å². The third-order valence-electron chi connectivity index (χ3n) is 4.26. The van der Waals surface area contributed by atoms with Gasteiger partial charge in [0.1, 0.15) is 5.75 Å². The number of nitrogens with zero attached hydrogens (tertiary/aromatic N) is 2. The maximum absolute atomic E-state index is 5.90. The van der Waals surface area contributed by atoms with Crippen LogP contribution in [0.1, 0.15) is 36.7 Å². The minimum absolute atomic E-state index is 0.0449. The van der Waals surface area contributed by atoms with E-state index in [2.05, 4.69) is 28.4 Å². The number of ether oxygens (including phenoxy) is 1. The lowest BCUT2D eigenvalue weighted by Gasteiger charge is -2.16. The van der Waals surface area contributed by atoms with Gasteiger partial charge in [-0.2, -0.15) is 4.98 Å². The zero-order valence-corrected chi connectivity index (χ0v) is 11.4. The van der Waals surface area contributed by atoms with Crippen LogP contribution in [0.2, 0.25) is 0 Å². The van der Waals surface area contributed by atoms with Crippen LogP contribution in [-0.2, 0) is 11.8 Å². The van der Waals surface area contributed by atoms with Crippen LogP contribution in [-0.4, -0.2) is 23.2 Å². The molecule has 2 atom stereocenters. The van der Waals surface area contributed by atoms with E-state index >= 15 is 0 Å². The fraction of sp³-hybridized carbons (Fsp3) is 0.467. The molecular formula is C15H17N3O2. The Morgan fingerprint density at radius 3 is 3.05 bits per heavy atom. The zero-order valence-electron chi connectivity index (χ0n) is 11.4. The van der Waals surface area contributed by atoms with Crippen LogP contribution in [0.5, 0.6) is 5.75 Å². The number of nitrogens with one attached hydrogen (secondary N) is 1. The molecule has 3 heterocycles. The summed E-state index contributed by atoms with van der Waals surface area (Å²) < 4.78 is 11.4. The van der Waals surface area contributed by atoms with Crippen molar-refractivity contribution in [3.63, 3.8) is 0 Å². The Bertz CT molecular complexity index is 607. The van der Waals surface area contributed by atoms with Crippen molar-refractivity contribution in [3.05, 3.63) is 41.5 Å². The van der Waals surface area contributed by atoms with Crippen LogP contribution in [0, 0.1) is 0 Å². The minimum atomic E-state index is -0.122. The normalized spacial score (nSPS) is 28.4. The van der Waals surface area contributed by atoms with Gasteiger partial charge >= 0.3 is 0 Å². The second kappa shape index (κ2) is 4.31. The van der Waals surface area contributed by atoms with Gasteiger partial charge < -0.3 is 14.6 Å². The van der Waals surface area contributed by atoms with Gasteiger partial charge in [0, 0.05) is 13.0 Å². The number of rotatable bonds is 2. The molecule has 1 N–H and O–H groups in total. The number of hydrogen-bond donors (Lipinski definition) is 1. The highest BCUT2D eigenvalue weighted by atomic mass is 16.5. The lowest BCUT2D eigenvalue weighted by molar-refractivity contribution is 0.220. The molecule has 5 nitrogen and oxygen atoms in total. The molecule has 0 aliphatic carbocycles. The van der Waals surface area contributed by atoms with E-state index in [-0.39, 0.29) is 11.5 Å². The monoisotopic (exact) mass is 271 g/mol.